The lowest BCUT2D eigenvalue weighted by Crippen LogP contribution is -2.12. The van der Waals surface area contributed by atoms with Gasteiger partial charge in [-0.2, -0.15) is 0 Å². The van der Waals surface area contributed by atoms with Gasteiger partial charge in [-0.1, -0.05) is 42.5 Å². The topological polar surface area (TPSA) is 52.5 Å². The Bertz CT molecular complexity index is 513. The SMILES string of the molecule is [O-][S+](CCOCc1ccccc1)c1ccc(CCO)cc1. The maximum absolute atomic E-state index is 12.1. The molecule has 0 fully saturated rings. The van der Waals surface area contributed by atoms with E-state index >= 15 is 0 Å². The molecule has 2 aromatic rings. The van der Waals surface area contributed by atoms with Crippen molar-refractivity contribution in [3.63, 3.8) is 0 Å². The van der Waals surface area contributed by atoms with Crippen molar-refractivity contribution in [1.29, 1.82) is 0 Å². The summed E-state index contributed by atoms with van der Waals surface area (Å²) in [7, 11) is 0. The maximum Gasteiger partial charge on any atom is 0.152 e. The third kappa shape index (κ3) is 5.52. The van der Waals surface area contributed by atoms with Crippen LogP contribution in [0.15, 0.2) is 59.5 Å². The van der Waals surface area contributed by atoms with Gasteiger partial charge in [0.1, 0.15) is 5.75 Å². The number of hydrogen-bond acceptors (Lipinski definition) is 3. The van der Waals surface area contributed by atoms with Crippen LogP contribution in [-0.4, -0.2) is 28.6 Å². The summed E-state index contributed by atoms with van der Waals surface area (Å²) in [6.45, 7) is 1.16. The van der Waals surface area contributed by atoms with Gasteiger partial charge in [-0.05, 0) is 40.9 Å². The van der Waals surface area contributed by atoms with Crippen LogP contribution >= 0.6 is 0 Å². The van der Waals surface area contributed by atoms with E-state index in [0.717, 1.165) is 16.0 Å². The molecular weight excluding hydrogens is 284 g/mol. The second kappa shape index (κ2) is 8.85. The summed E-state index contributed by atoms with van der Waals surface area (Å²) in [5.41, 5.74) is 2.18. The first-order chi connectivity index (χ1) is 10.3. The molecule has 0 aliphatic heterocycles. The molecule has 0 spiro atoms. The van der Waals surface area contributed by atoms with E-state index in [0.29, 0.717) is 25.4 Å². The van der Waals surface area contributed by atoms with Crippen LogP contribution in [0.5, 0.6) is 0 Å². The highest BCUT2D eigenvalue weighted by atomic mass is 32.2. The van der Waals surface area contributed by atoms with Gasteiger partial charge < -0.3 is 14.4 Å². The Labute approximate surface area is 128 Å². The Kier molecular flexibility index (Phi) is 6.76. The zero-order valence-corrected chi connectivity index (χ0v) is 12.7. The Hall–Kier alpha value is -1.33. The molecule has 2 aromatic carbocycles. The summed E-state index contributed by atoms with van der Waals surface area (Å²) in [6, 6.07) is 17.5. The molecule has 0 aliphatic rings. The Morgan fingerprint density at radius 2 is 1.67 bits per heavy atom. The number of rotatable bonds is 8. The van der Waals surface area contributed by atoms with Gasteiger partial charge in [0.15, 0.2) is 4.90 Å². The van der Waals surface area contributed by atoms with Gasteiger partial charge in [-0.25, -0.2) is 0 Å². The Morgan fingerprint density at radius 3 is 2.33 bits per heavy atom. The molecule has 1 unspecified atom stereocenters. The zero-order chi connectivity index (χ0) is 14.9. The molecule has 0 saturated heterocycles. The molecule has 21 heavy (non-hydrogen) atoms. The molecule has 112 valence electrons. The highest BCUT2D eigenvalue weighted by Crippen LogP contribution is 2.13. The standard InChI is InChI=1S/C17H20O3S/c18-11-10-15-6-8-17(9-7-15)21(19)13-12-20-14-16-4-2-1-3-5-16/h1-9,18H,10-14H2. The third-order valence-corrected chi connectivity index (χ3v) is 4.45. The first-order valence-corrected chi connectivity index (χ1v) is 8.31. The molecule has 1 atom stereocenters. The predicted octanol–water partition coefficient (Wildman–Crippen LogP) is 2.55. The van der Waals surface area contributed by atoms with Crippen LogP contribution < -0.4 is 0 Å². The van der Waals surface area contributed by atoms with Crippen molar-refractivity contribution in [1.82, 2.24) is 0 Å². The molecule has 0 bridgehead atoms. The fraction of sp³-hybridized carbons (Fsp3) is 0.294. The molecule has 0 saturated carbocycles. The Morgan fingerprint density at radius 1 is 0.952 bits per heavy atom. The van der Waals surface area contributed by atoms with Crippen LogP contribution in [0, 0.1) is 0 Å². The summed E-state index contributed by atoms with van der Waals surface area (Å²) in [4.78, 5) is 0.806. The molecule has 0 aliphatic carbocycles. The van der Waals surface area contributed by atoms with Crippen LogP contribution in [0.25, 0.3) is 0 Å². The quantitative estimate of drug-likeness (QED) is 0.602. The van der Waals surface area contributed by atoms with E-state index in [1.165, 1.54) is 0 Å². The fourth-order valence-electron chi connectivity index (χ4n) is 1.95. The van der Waals surface area contributed by atoms with Crippen LogP contribution in [-0.2, 0) is 28.9 Å². The normalized spacial score (nSPS) is 12.3. The van der Waals surface area contributed by atoms with Gasteiger partial charge in [0.2, 0.25) is 0 Å². The summed E-state index contributed by atoms with van der Waals surface area (Å²) in [6.07, 6.45) is 0.632. The molecule has 0 amide bonds. The van der Waals surface area contributed by atoms with E-state index in [-0.39, 0.29) is 6.61 Å². The highest BCUT2D eigenvalue weighted by molar-refractivity contribution is 7.91. The highest BCUT2D eigenvalue weighted by Gasteiger charge is 2.10. The Balaban J connectivity index is 1.72. The minimum Gasteiger partial charge on any atom is -0.611 e. The van der Waals surface area contributed by atoms with Crippen LogP contribution in [0.1, 0.15) is 11.1 Å². The van der Waals surface area contributed by atoms with E-state index < -0.39 is 11.2 Å². The van der Waals surface area contributed by atoms with Gasteiger partial charge in [0, 0.05) is 6.61 Å². The molecule has 1 N–H and O–H groups in total. The minimum absolute atomic E-state index is 0.135. The van der Waals surface area contributed by atoms with Crippen molar-refractivity contribution in [2.45, 2.75) is 17.9 Å². The first-order valence-electron chi connectivity index (χ1n) is 6.99. The zero-order valence-electron chi connectivity index (χ0n) is 11.9. The average molecular weight is 304 g/mol. The van der Waals surface area contributed by atoms with E-state index in [9.17, 15) is 4.55 Å². The van der Waals surface area contributed by atoms with E-state index in [1.54, 1.807) is 0 Å². The predicted molar refractivity (Wildman–Crippen MR) is 84.6 cm³/mol. The molecule has 0 heterocycles. The molecule has 2 rings (SSSR count). The number of aliphatic hydroxyl groups is 1. The van der Waals surface area contributed by atoms with E-state index in [4.69, 9.17) is 9.84 Å². The van der Waals surface area contributed by atoms with E-state index in [2.05, 4.69) is 0 Å². The van der Waals surface area contributed by atoms with Crippen molar-refractivity contribution in [3.05, 3.63) is 65.7 Å². The summed E-state index contributed by atoms with van der Waals surface area (Å²) < 4.78 is 17.7. The second-order valence-corrected chi connectivity index (χ2v) is 6.28. The molecule has 4 heteroatoms. The van der Waals surface area contributed by atoms with Crippen LogP contribution in [0.2, 0.25) is 0 Å². The van der Waals surface area contributed by atoms with Crippen molar-refractivity contribution in [2.24, 2.45) is 0 Å². The molecular formula is C17H20O3S. The lowest BCUT2D eigenvalue weighted by atomic mass is 10.2. The summed E-state index contributed by atoms with van der Waals surface area (Å²) >= 11 is -1.04. The van der Waals surface area contributed by atoms with Gasteiger partial charge in [-0.3, -0.25) is 0 Å². The van der Waals surface area contributed by atoms with Crippen molar-refractivity contribution in [2.75, 3.05) is 19.0 Å². The lowest BCUT2D eigenvalue weighted by Gasteiger charge is -2.11. The van der Waals surface area contributed by atoms with Gasteiger partial charge in [0.05, 0.1) is 13.2 Å². The second-order valence-electron chi connectivity index (χ2n) is 4.71. The number of ether oxygens (including phenoxy) is 1. The van der Waals surface area contributed by atoms with Gasteiger partial charge >= 0.3 is 0 Å². The summed E-state index contributed by atoms with van der Waals surface area (Å²) in [5.74, 6) is 0.492. The van der Waals surface area contributed by atoms with Crippen molar-refractivity contribution in [3.8, 4) is 0 Å². The van der Waals surface area contributed by atoms with E-state index in [1.807, 2.05) is 54.6 Å². The largest absolute Gasteiger partial charge is 0.611 e. The van der Waals surface area contributed by atoms with Gasteiger partial charge in [-0.15, -0.1) is 0 Å². The molecule has 3 nitrogen and oxygen atoms in total. The minimum atomic E-state index is -1.04. The number of hydrogen-bond donors (Lipinski definition) is 1. The van der Waals surface area contributed by atoms with Crippen LogP contribution in [0.3, 0.4) is 0 Å². The van der Waals surface area contributed by atoms with Crippen molar-refractivity contribution >= 4 is 11.2 Å². The van der Waals surface area contributed by atoms with Crippen molar-refractivity contribution < 1.29 is 14.4 Å². The first kappa shape index (κ1) is 16.0. The fourth-order valence-corrected chi connectivity index (χ4v) is 2.90. The number of aliphatic hydroxyl groups excluding tert-OH is 1. The smallest absolute Gasteiger partial charge is 0.152 e. The maximum atomic E-state index is 12.1. The number of benzene rings is 2. The third-order valence-electron chi connectivity index (χ3n) is 3.11. The molecule has 0 radical (unpaired) electrons. The molecule has 0 aromatic heterocycles. The van der Waals surface area contributed by atoms with Crippen LogP contribution in [0.4, 0.5) is 0 Å². The van der Waals surface area contributed by atoms with Gasteiger partial charge in [0.25, 0.3) is 0 Å². The average Bonchev–Trinajstić information content (AvgIpc) is 2.53. The monoisotopic (exact) mass is 304 g/mol. The summed E-state index contributed by atoms with van der Waals surface area (Å²) in [5, 5.41) is 8.86. The lowest BCUT2D eigenvalue weighted by molar-refractivity contribution is 0.135.